The van der Waals surface area contributed by atoms with Crippen molar-refractivity contribution < 1.29 is 13.2 Å². The van der Waals surface area contributed by atoms with E-state index < -0.39 is 9.84 Å². The van der Waals surface area contributed by atoms with Gasteiger partial charge in [-0.1, -0.05) is 18.2 Å². The lowest BCUT2D eigenvalue weighted by molar-refractivity contribution is 0.0304. The maximum atomic E-state index is 12.6. The first-order valence-electron chi connectivity index (χ1n) is 7.10. The Labute approximate surface area is 124 Å². The van der Waals surface area contributed by atoms with Crippen molar-refractivity contribution in [2.75, 3.05) is 12.4 Å². The van der Waals surface area contributed by atoms with Gasteiger partial charge in [0.15, 0.2) is 0 Å². The number of hydrogen-bond donors (Lipinski definition) is 0. The molecule has 1 saturated heterocycles. The third-order valence-corrected chi connectivity index (χ3v) is 5.27. The molecule has 1 aliphatic rings. The number of para-hydroxylation sites is 1. The van der Waals surface area contributed by atoms with Crippen molar-refractivity contribution in [1.82, 2.24) is 9.55 Å². The highest BCUT2D eigenvalue weighted by atomic mass is 32.2. The van der Waals surface area contributed by atoms with Gasteiger partial charge in [0.25, 0.3) is 0 Å². The Morgan fingerprint density at radius 3 is 2.76 bits per heavy atom. The summed E-state index contributed by atoms with van der Waals surface area (Å²) in [5.41, 5.74) is 0.790. The van der Waals surface area contributed by atoms with E-state index in [0.29, 0.717) is 6.61 Å². The number of sulfone groups is 1. The number of ether oxygens (including phenoxy) is 1. The van der Waals surface area contributed by atoms with Crippen LogP contribution in [0, 0.1) is 0 Å². The van der Waals surface area contributed by atoms with Crippen LogP contribution in [-0.2, 0) is 14.6 Å². The van der Waals surface area contributed by atoms with Crippen molar-refractivity contribution in [2.45, 2.75) is 30.5 Å². The van der Waals surface area contributed by atoms with Crippen LogP contribution in [-0.4, -0.2) is 36.4 Å². The third-order valence-electron chi connectivity index (χ3n) is 3.60. The summed E-state index contributed by atoms with van der Waals surface area (Å²) >= 11 is 0. The molecule has 5 nitrogen and oxygen atoms in total. The van der Waals surface area contributed by atoms with E-state index in [1.54, 1.807) is 10.8 Å². The zero-order valence-electron chi connectivity index (χ0n) is 11.7. The highest BCUT2D eigenvalue weighted by Crippen LogP contribution is 2.20. The Kier molecular flexibility index (Phi) is 4.07. The minimum absolute atomic E-state index is 0.00313. The van der Waals surface area contributed by atoms with Gasteiger partial charge in [0.2, 0.25) is 15.0 Å². The summed E-state index contributed by atoms with van der Waals surface area (Å²) < 4.78 is 32.3. The van der Waals surface area contributed by atoms with E-state index in [-0.39, 0.29) is 17.0 Å². The summed E-state index contributed by atoms with van der Waals surface area (Å²) in [5, 5.41) is 0.0860. The first kappa shape index (κ1) is 14.3. The van der Waals surface area contributed by atoms with E-state index in [1.807, 2.05) is 30.3 Å². The molecule has 2 aromatic rings. The highest BCUT2D eigenvalue weighted by Gasteiger charge is 2.27. The number of aromatic nitrogens is 2. The molecule has 3 rings (SSSR count). The minimum atomic E-state index is -3.47. The van der Waals surface area contributed by atoms with E-state index in [0.717, 1.165) is 24.9 Å². The average molecular weight is 306 g/mol. The lowest BCUT2D eigenvalue weighted by Crippen LogP contribution is -2.28. The van der Waals surface area contributed by atoms with Crippen LogP contribution in [0.2, 0.25) is 0 Å². The molecule has 112 valence electrons. The smallest absolute Gasteiger partial charge is 0.232 e. The molecule has 21 heavy (non-hydrogen) atoms. The van der Waals surface area contributed by atoms with Crippen molar-refractivity contribution in [3.63, 3.8) is 0 Å². The quantitative estimate of drug-likeness (QED) is 0.869. The van der Waals surface area contributed by atoms with E-state index in [2.05, 4.69) is 4.98 Å². The van der Waals surface area contributed by atoms with Gasteiger partial charge in [0.1, 0.15) is 0 Å². The van der Waals surface area contributed by atoms with Gasteiger partial charge in [-0.2, -0.15) is 0 Å². The molecule has 0 radical (unpaired) electrons. The van der Waals surface area contributed by atoms with E-state index in [4.69, 9.17) is 4.74 Å². The second-order valence-electron chi connectivity index (χ2n) is 5.19. The molecule has 0 bridgehead atoms. The minimum Gasteiger partial charge on any atom is -0.377 e. The average Bonchev–Trinajstić information content (AvgIpc) is 2.99. The van der Waals surface area contributed by atoms with Gasteiger partial charge < -0.3 is 4.74 Å². The molecule has 1 aliphatic heterocycles. The molecule has 2 heterocycles. The Morgan fingerprint density at radius 2 is 2.05 bits per heavy atom. The predicted molar refractivity (Wildman–Crippen MR) is 79.2 cm³/mol. The zero-order chi connectivity index (χ0) is 14.7. The summed E-state index contributed by atoms with van der Waals surface area (Å²) in [5.74, 6) is -0.00313. The largest absolute Gasteiger partial charge is 0.377 e. The fraction of sp³-hybridized carbons (Fsp3) is 0.400. The van der Waals surface area contributed by atoms with E-state index in [1.165, 1.54) is 6.20 Å². The summed E-state index contributed by atoms with van der Waals surface area (Å²) in [6.07, 6.45) is 5.80. The molecule has 0 aliphatic carbocycles. The van der Waals surface area contributed by atoms with Gasteiger partial charge in [-0.3, -0.25) is 4.57 Å². The number of rotatable bonds is 4. The maximum absolute atomic E-state index is 12.6. The molecular weight excluding hydrogens is 288 g/mol. The first-order valence-corrected chi connectivity index (χ1v) is 8.75. The van der Waals surface area contributed by atoms with Gasteiger partial charge in [0, 0.05) is 24.7 Å². The molecule has 0 amide bonds. The predicted octanol–water partition coefficient (Wildman–Crippen LogP) is 2.22. The van der Waals surface area contributed by atoms with Gasteiger partial charge in [0.05, 0.1) is 11.9 Å². The second kappa shape index (κ2) is 5.99. The van der Waals surface area contributed by atoms with Crippen molar-refractivity contribution in [2.24, 2.45) is 0 Å². The van der Waals surface area contributed by atoms with Crippen molar-refractivity contribution >= 4 is 9.84 Å². The van der Waals surface area contributed by atoms with Crippen LogP contribution in [0.15, 0.2) is 47.9 Å². The van der Waals surface area contributed by atoms with Crippen LogP contribution in [0.25, 0.3) is 5.69 Å². The van der Waals surface area contributed by atoms with Gasteiger partial charge in [-0.05, 0) is 31.4 Å². The van der Waals surface area contributed by atoms with Gasteiger partial charge in [-0.25, -0.2) is 13.4 Å². The van der Waals surface area contributed by atoms with E-state index in [9.17, 15) is 8.42 Å². The molecule has 1 aromatic carbocycles. The SMILES string of the molecule is O=S(=O)(C[C@H]1CCCCO1)c1nccn1-c1ccccc1. The molecule has 6 heteroatoms. The summed E-state index contributed by atoms with van der Waals surface area (Å²) in [6.45, 7) is 0.646. The van der Waals surface area contributed by atoms with Crippen molar-refractivity contribution in [3.05, 3.63) is 42.7 Å². The molecule has 1 atom stereocenters. The second-order valence-corrected chi connectivity index (χ2v) is 7.11. The van der Waals surface area contributed by atoms with Crippen LogP contribution in [0.5, 0.6) is 0 Å². The van der Waals surface area contributed by atoms with Crippen molar-refractivity contribution in [3.8, 4) is 5.69 Å². The summed E-state index contributed by atoms with van der Waals surface area (Å²) in [4.78, 5) is 4.05. The highest BCUT2D eigenvalue weighted by molar-refractivity contribution is 7.91. The number of benzene rings is 1. The van der Waals surface area contributed by atoms with Crippen LogP contribution in [0.4, 0.5) is 0 Å². The lowest BCUT2D eigenvalue weighted by Gasteiger charge is -2.22. The van der Waals surface area contributed by atoms with Gasteiger partial charge in [-0.15, -0.1) is 0 Å². The zero-order valence-corrected chi connectivity index (χ0v) is 12.5. The molecule has 1 fully saturated rings. The number of nitrogens with zero attached hydrogens (tertiary/aromatic N) is 2. The van der Waals surface area contributed by atoms with Gasteiger partial charge >= 0.3 is 0 Å². The van der Waals surface area contributed by atoms with Crippen molar-refractivity contribution in [1.29, 1.82) is 0 Å². The fourth-order valence-electron chi connectivity index (χ4n) is 2.56. The molecular formula is C15H18N2O3S. The Balaban J connectivity index is 1.88. The monoisotopic (exact) mass is 306 g/mol. The standard InChI is InChI=1S/C15H18N2O3S/c18-21(19,12-14-8-4-5-11-20-14)15-16-9-10-17(15)13-6-2-1-3-7-13/h1-3,6-7,9-10,14H,4-5,8,11-12H2/t14-/m1/s1. The normalized spacial score (nSPS) is 19.5. The summed E-state index contributed by atoms with van der Waals surface area (Å²) in [6, 6.07) is 9.35. The molecule has 0 spiro atoms. The number of imidazole rings is 1. The van der Waals surface area contributed by atoms with Crippen LogP contribution in [0.3, 0.4) is 0 Å². The molecule has 0 saturated carbocycles. The third kappa shape index (κ3) is 3.16. The lowest BCUT2D eigenvalue weighted by atomic mass is 10.1. The molecule has 0 N–H and O–H groups in total. The Hall–Kier alpha value is -1.66. The maximum Gasteiger partial charge on any atom is 0.232 e. The summed E-state index contributed by atoms with van der Waals surface area (Å²) in [7, 11) is -3.47. The molecule has 0 unspecified atom stereocenters. The van der Waals surface area contributed by atoms with E-state index >= 15 is 0 Å². The fourth-order valence-corrected chi connectivity index (χ4v) is 4.15. The number of hydrogen-bond acceptors (Lipinski definition) is 4. The van der Waals surface area contributed by atoms with Crippen LogP contribution in [0.1, 0.15) is 19.3 Å². The molecule has 1 aromatic heterocycles. The van der Waals surface area contributed by atoms with Crippen LogP contribution < -0.4 is 0 Å². The first-order chi connectivity index (χ1) is 10.2. The Bertz CT molecular complexity index is 689. The van der Waals surface area contributed by atoms with Crippen LogP contribution >= 0.6 is 0 Å². The Morgan fingerprint density at radius 1 is 1.24 bits per heavy atom. The topological polar surface area (TPSA) is 61.2 Å².